The molecule has 2 atom stereocenters. The second kappa shape index (κ2) is 7.92. The van der Waals surface area contributed by atoms with E-state index in [0.29, 0.717) is 13.1 Å². The molecule has 3 aliphatic rings. The minimum atomic E-state index is -0.318. The second-order valence-electron chi connectivity index (χ2n) is 7.16. The Morgan fingerprint density at radius 1 is 1.17 bits per heavy atom. The van der Waals surface area contributed by atoms with Crippen molar-refractivity contribution in [1.82, 2.24) is 10.2 Å². The minimum Gasteiger partial charge on any atom is -0.381 e. The number of carbonyl (C=O) groups excluding carboxylic acids is 1. The average Bonchev–Trinajstić information content (AvgIpc) is 3.10. The highest BCUT2D eigenvalue weighted by Gasteiger charge is 2.40. The lowest BCUT2D eigenvalue weighted by atomic mass is 9.86. The zero-order valence-corrected chi connectivity index (χ0v) is 14.1. The molecule has 3 fully saturated rings. The van der Waals surface area contributed by atoms with Crippen LogP contribution in [0.3, 0.4) is 0 Å². The first-order valence-corrected chi connectivity index (χ1v) is 9.19. The zero-order valence-electron chi connectivity index (χ0n) is 14.1. The van der Waals surface area contributed by atoms with Crippen LogP contribution in [0.5, 0.6) is 0 Å². The Bertz CT molecular complexity index is 393. The molecule has 0 bridgehead atoms. The maximum atomic E-state index is 12.4. The third-order valence-electron chi connectivity index (χ3n) is 5.70. The van der Waals surface area contributed by atoms with E-state index in [1.54, 1.807) is 0 Å². The number of carbonyl (C=O) groups is 1. The third-order valence-corrected chi connectivity index (χ3v) is 5.70. The summed E-state index contributed by atoms with van der Waals surface area (Å²) in [5.74, 6) is 0.0313. The van der Waals surface area contributed by atoms with Crippen molar-refractivity contribution in [2.75, 3.05) is 39.4 Å². The van der Waals surface area contributed by atoms with E-state index in [4.69, 9.17) is 15.2 Å². The summed E-state index contributed by atoms with van der Waals surface area (Å²) in [6.45, 7) is 5.08. The van der Waals surface area contributed by atoms with Gasteiger partial charge in [0.2, 0.25) is 5.91 Å². The average molecular weight is 325 g/mol. The highest BCUT2D eigenvalue weighted by molar-refractivity contribution is 5.81. The molecule has 0 aromatic rings. The fraction of sp³-hybridized carbons (Fsp3) is 0.941. The van der Waals surface area contributed by atoms with Gasteiger partial charge in [0.25, 0.3) is 0 Å². The smallest absolute Gasteiger partial charge is 0.249 e. The fourth-order valence-electron chi connectivity index (χ4n) is 4.16. The lowest BCUT2D eigenvalue weighted by molar-refractivity contribution is -0.133. The monoisotopic (exact) mass is 325 g/mol. The van der Waals surface area contributed by atoms with Crippen LogP contribution in [0.4, 0.5) is 0 Å². The van der Waals surface area contributed by atoms with E-state index in [0.717, 1.165) is 52.0 Å². The van der Waals surface area contributed by atoms with Gasteiger partial charge < -0.3 is 20.5 Å². The number of amides is 1. The molecule has 0 aromatic heterocycles. The van der Waals surface area contributed by atoms with E-state index in [1.807, 2.05) is 0 Å². The van der Waals surface area contributed by atoms with Crippen molar-refractivity contribution in [3.05, 3.63) is 0 Å². The number of ether oxygens (including phenoxy) is 2. The Morgan fingerprint density at radius 2 is 1.91 bits per heavy atom. The summed E-state index contributed by atoms with van der Waals surface area (Å²) in [6.07, 6.45) is 7.26. The van der Waals surface area contributed by atoms with Crippen molar-refractivity contribution in [1.29, 1.82) is 0 Å². The SMILES string of the molecule is NC[C@H]1CC[C@@H](C(=O)NCC2(N3CCCCC3)CCOCC2)O1. The van der Waals surface area contributed by atoms with Crippen LogP contribution in [0.2, 0.25) is 0 Å². The maximum absolute atomic E-state index is 12.4. The number of likely N-dealkylation sites (tertiary alicyclic amines) is 1. The van der Waals surface area contributed by atoms with Gasteiger partial charge in [0.05, 0.1) is 6.10 Å². The van der Waals surface area contributed by atoms with Crippen LogP contribution in [-0.4, -0.2) is 67.9 Å². The van der Waals surface area contributed by atoms with Gasteiger partial charge in [-0.2, -0.15) is 0 Å². The van der Waals surface area contributed by atoms with E-state index >= 15 is 0 Å². The predicted octanol–water partition coefficient (Wildman–Crippen LogP) is 0.644. The number of nitrogens with zero attached hydrogens (tertiary/aromatic N) is 1. The highest BCUT2D eigenvalue weighted by Crippen LogP contribution is 2.30. The summed E-state index contributed by atoms with van der Waals surface area (Å²) in [5.41, 5.74) is 5.70. The van der Waals surface area contributed by atoms with Gasteiger partial charge in [-0.1, -0.05) is 6.42 Å². The number of rotatable bonds is 5. The molecule has 0 unspecified atom stereocenters. The van der Waals surface area contributed by atoms with Crippen LogP contribution in [-0.2, 0) is 14.3 Å². The fourth-order valence-corrected chi connectivity index (χ4v) is 4.16. The third kappa shape index (κ3) is 4.05. The summed E-state index contributed by atoms with van der Waals surface area (Å²) in [6, 6.07) is 0. The van der Waals surface area contributed by atoms with Gasteiger partial charge in [-0.3, -0.25) is 9.69 Å². The Labute approximate surface area is 139 Å². The summed E-state index contributed by atoms with van der Waals surface area (Å²) < 4.78 is 11.3. The normalized spacial score (nSPS) is 31.9. The first-order chi connectivity index (χ1) is 11.2. The van der Waals surface area contributed by atoms with Gasteiger partial charge in [-0.05, 0) is 51.6 Å². The molecule has 0 radical (unpaired) electrons. The number of nitrogens with two attached hydrogens (primary N) is 1. The first-order valence-electron chi connectivity index (χ1n) is 9.19. The Kier molecular flexibility index (Phi) is 5.91. The van der Waals surface area contributed by atoms with Crippen LogP contribution in [0.25, 0.3) is 0 Å². The zero-order chi connectivity index (χ0) is 16.1. The van der Waals surface area contributed by atoms with Crippen LogP contribution in [0.1, 0.15) is 44.9 Å². The molecule has 3 N–H and O–H groups in total. The largest absolute Gasteiger partial charge is 0.381 e. The van der Waals surface area contributed by atoms with Crippen molar-refractivity contribution in [2.24, 2.45) is 5.73 Å². The molecule has 0 spiro atoms. The van der Waals surface area contributed by atoms with Gasteiger partial charge >= 0.3 is 0 Å². The topological polar surface area (TPSA) is 76.8 Å². The van der Waals surface area contributed by atoms with E-state index in [-0.39, 0.29) is 23.7 Å². The molecule has 0 aliphatic carbocycles. The summed E-state index contributed by atoms with van der Waals surface area (Å²) >= 11 is 0. The van der Waals surface area contributed by atoms with E-state index in [9.17, 15) is 4.79 Å². The summed E-state index contributed by atoms with van der Waals surface area (Å²) in [5, 5.41) is 3.18. The summed E-state index contributed by atoms with van der Waals surface area (Å²) in [4.78, 5) is 15.0. The van der Waals surface area contributed by atoms with Crippen molar-refractivity contribution < 1.29 is 14.3 Å². The van der Waals surface area contributed by atoms with Gasteiger partial charge in [0.1, 0.15) is 6.10 Å². The van der Waals surface area contributed by atoms with Gasteiger partial charge in [-0.15, -0.1) is 0 Å². The van der Waals surface area contributed by atoms with E-state index in [2.05, 4.69) is 10.2 Å². The van der Waals surface area contributed by atoms with Gasteiger partial charge in [-0.25, -0.2) is 0 Å². The Hall–Kier alpha value is -0.690. The number of hydrogen-bond acceptors (Lipinski definition) is 5. The Balaban J connectivity index is 1.57. The number of hydrogen-bond donors (Lipinski definition) is 2. The molecule has 6 nitrogen and oxygen atoms in total. The molecule has 23 heavy (non-hydrogen) atoms. The van der Waals surface area contributed by atoms with E-state index in [1.165, 1.54) is 19.3 Å². The van der Waals surface area contributed by atoms with Crippen LogP contribution in [0.15, 0.2) is 0 Å². The molecular formula is C17H31N3O3. The second-order valence-corrected chi connectivity index (χ2v) is 7.16. The molecule has 132 valence electrons. The standard InChI is InChI=1S/C17H31N3O3/c18-12-14-4-5-15(23-14)16(21)19-13-17(6-10-22-11-7-17)20-8-2-1-3-9-20/h14-15H,1-13,18H2,(H,19,21)/t14-,15+/m1/s1. The van der Waals surface area contributed by atoms with Crippen molar-refractivity contribution in [3.8, 4) is 0 Å². The Morgan fingerprint density at radius 3 is 2.57 bits per heavy atom. The minimum absolute atomic E-state index is 0.0313. The predicted molar refractivity (Wildman–Crippen MR) is 88.2 cm³/mol. The van der Waals surface area contributed by atoms with Crippen molar-refractivity contribution in [3.63, 3.8) is 0 Å². The molecule has 3 aliphatic heterocycles. The van der Waals surface area contributed by atoms with Gasteiger partial charge in [0.15, 0.2) is 0 Å². The van der Waals surface area contributed by atoms with Crippen LogP contribution >= 0.6 is 0 Å². The van der Waals surface area contributed by atoms with Crippen LogP contribution < -0.4 is 11.1 Å². The van der Waals surface area contributed by atoms with Crippen molar-refractivity contribution in [2.45, 2.75) is 62.7 Å². The van der Waals surface area contributed by atoms with Gasteiger partial charge in [0, 0.05) is 31.8 Å². The molecule has 0 aromatic carbocycles. The van der Waals surface area contributed by atoms with Crippen molar-refractivity contribution >= 4 is 5.91 Å². The van der Waals surface area contributed by atoms with E-state index < -0.39 is 0 Å². The quantitative estimate of drug-likeness (QED) is 0.776. The number of nitrogens with one attached hydrogen (secondary N) is 1. The first kappa shape index (κ1) is 17.1. The molecular weight excluding hydrogens is 294 g/mol. The molecule has 3 heterocycles. The maximum Gasteiger partial charge on any atom is 0.249 e. The van der Waals surface area contributed by atoms with Crippen LogP contribution in [0, 0.1) is 0 Å². The lowest BCUT2D eigenvalue weighted by Gasteiger charge is -2.48. The highest BCUT2D eigenvalue weighted by atomic mass is 16.5. The lowest BCUT2D eigenvalue weighted by Crippen LogP contribution is -2.60. The molecule has 0 saturated carbocycles. The molecule has 3 saturated heterocycles. The molecule has 3 rings (SSSR count). The number of piperidine rings is 1. The summed E-state index contributed by atoms with van der Waals surface area (Å²) in [7, 11) is 0. The molecule has 1 amide bonds. The molecule has 6 heteroatoms.